The van der Waals surface area contributed by atoms with Gasteiger partial charge in [-0.05, 0) is 55.6 Å². The highest BCUT2D eigenvalue weighted by atomic mass is 31.2. The fraction of sp³-hybridized carbons (Fsp3) is 0.567. The van der Waals surface area contributed by atoms with Gasteiger partial charge in [0, 0.05) is 11.8 Å². The predicted molar refractivity (Wildman–Crippen MR) is 143 cm³/mol. The average Bonchev–Trinajstić information content (AvgIpc) is 3.63. The molecule has 2 aromatic carbocycles. The van der Waals surface area contributed by atoms with Gasteiger partial charge < -0.3 is 13.8 Å². The van der Waals surface area contributed by atoms with Crippen LogP contribution in [0.1, 0.15) is 77.3 Å². The van der Waals surface area contributed by atoms with Gasteiger partial charge in [-0.3, -0.25) is 9.36 Å². The summed E-state index contributed by atoms with van der Waals surface area (Å²) >= 11 is 0. The van der Waals surface area contributed by atoms with Gasteiger partial charge in [-0.15, -0.1) is 0 Å². The van der Waals surface area contributed by atoms with Crippen molar-refractivity contribution in [3.05, 3.63) is 71.8 Å². The minimum atomic E-state index is -3.76. The quantitative estimate of drug-likeness (QED) is 0.244. The van der Waals surface area contributed by atoms with Crippen molar-refractivity contribution >= 4 is 13.6 Å². The lowest BCUT2D eigenvalue weighted by molar-refractivity contribution is -0.157. The number of benzene rings is 2. The van der Waals surface area contributed by atoms with Crippen LogP contribution in [0.15, 0.2) is 60.7 Å². The highest BCUT2D eigenvalue weighted by molar-refractivity contribution is 7.57. The first kappa shape index (κ1) is 27.1. The van der Waals surface area contributed by atoms with Gasteiger partial charge in [-0.2, -0.15) is 0 Å². The molecule has 0 aliphatic heterocycles. The van der Waals surface area contributed by atoms with Crippen molar-refractivity contribution in [1.82, 2.24) is 0 Å². The molecule has 2 saturated carbocycles. The summed E-state index contributed by atoms with van der Waals surface area (Å²) in [5.41, 5.74) is 2.03. The zero-order chi connectivity index (χ0) is 26.0. The highest BCUT2D eigenvalue weighted by Gasteiger charge is 2.75. The topological polar surface area (TPSA) is 61.8 Å². The molecule has 196 valence electrons. The van der Waals surface area contributed by atoms with E-state index in [1.807, 2.05) is 36.4 Å². The largest absolute Gasteiger partial charge is 0.461 e. The molecule has 2 fully saturated rings. The Bertz CT molecular complexity index is 1060. The van der Waals surface area contributed by atoms with E-state index in [-0.39, 0.29) is 36.6 Å². The summed E-state index contributed by atoms with van der Waals surface area (Å²) in [4.78, 5) is 14.1. The van der Waals surface area contributed by atoms with Gasteiger partial charge in [0.15, 0.2) is 5.16 Å². The zero-order valence-electron chi connectivity index (χ0n) is 22.3. The van der Waals surface area contributed by atoms with Crippen molar-refractivity contribution in [3.8, 4) is 0 Å². The molecule has 0 N–H and O–H groups in total. The number of esters is 1. The van der Waals surface area contributed by atoms with Crippen LogP contribution in [0.3, 0.4) is 0 Å². The number of hydrogen-bond donors (Lipinski definition) is 0. The second-order valence-corrected chi connectivity index (χ2v) is 13.3. The molecule has 2 aliphatic carbocycles. The monoisotopic (exact) mass is 512 g/mol. The number of ether oxygens (including phenoxy) is 1. The molecule has 5 atom stereocenters. The zero-order valence-corrected chi connectivity index (χ0v) is 23.2. The Labute approximate surface area is 216 Å². The Morgan fingerprint density at radius 1 is 0.972 bits per heavy atom. The molecule has 6 heteroatoms. The van der Waals surface area contributed by atoms with Crippen molar-refractivity contribution in [1.29, 1.82) is 0 Å². The Morgan fingerprint density at radius 2 is 1.56 bits per heavy atom. The van der Waals surface area contributed by atoms with E-state index in [4.69, 9.17) is 13.8 Å². The minimum Gasteiger partial charge on any atom is -0.461 e. The number of carbonyl (C=O) groups excluding carboxylic acids is 1. The van der Waals surface area contributed by atoms with Gasteiger partial charge in [0.2, 0.25) is 0 Å². The van der Waals surface area contributed by atoms with Gasteiger partial charge >= 0.3 is 13.6 Å². The average molecular weight is 513 g/mol. The third kappa shape index (κ3) is 4.95. The summed E-state index contributed by atoms with van der Waals surface area (Å²) in [7, 11) is -3.76. The predicted octanol–water partition coefficient (Wildman–Crippen LogP) is 7.50. The second-order valence-electron chi connectivity index (χ2n) is 11.0. The SMILES string of the molecule is CCOP(=O)(OCC)[C@@]1(C(=O)O[C@@H]2C[C@H](C)CC[C@H]2C(C)(C)c2ccccc2)C[C@H]1c1ccccc1. The van der Waals surface area contributed by atoms with Crippen molar-refractivity contribution in [2.45, 2.75) is 82.9 Å². The van der Waals surface area contributed by atoms with Crippen molar-refractivity contribution in [3.63, 3.8) is 0 Å². The fourth-order valence-corrected chi connectivity index (χ4v) is 8.61. The van der Waals surface area contributed by atoms with Gasteiger partial charge in [0.25, 0.3) is 0 Å². The summed E-state index contributed by atoms with van der Waals surface area (Å²) < 4.78 is 32.2. The van der Waals surface area contributed by atoms with E-state index in [1.165, 1.54) is 5.56 Å². The van der Waals surface area contributed by atoms with Crippen molar-refractivity contribution in [2.24, 2.45) is 11.8 Å². The van der Waals surface area contributed by atoms with Crippen molar-refractivity contribution < 1.29 is 23.1 Å². The maximum atomic E-state index is 14.2. The van der Waals surface area contributed by atoms with E-state index in [0.717, 1.165) is 24.8 Å². The minimum absolute atomic E-state index is 0.157. The van der Waals surface area contributed by atoms with Crippen LogP contribution in [0.2, 0.25) is 0 Å². The van der Waals surface area contributed by atoms with E-state index in [0.29, 0.717) is 12.3 Å². The van der Waals surface area contributed by atoms with Gasteiger partial charge in [-0.25, -0.2) is 0 Å². The molecule has 4 rings (SSSR count). The molecule has 36 heavy (non-hydrogen) atoms. The van der Waals surface area contributed by atoms with Crippen LogP contribution in [0.5, 0.6) is 0 Å². The van der Waals surface area contributed by atoms with Gasteiger partial charge in [0.05, 0.1) is 13.2 Å². The third-order valence-electron chi connectivity index (χ3n) is 8.33. The summed E-state index contributed by atoms with van der Waals surface area (Å²) in [6, 6.07) is 20.2. The Morgan fingerprint density at radius 3 is 2.14 bits per heavy atom. The van der Waals surface area contributed by atoms with Gasteiger partial charge in [-0.1, -0.05) is 87.9 Å². The maximum Gasteiger partial charge on any atom is 0.348 e. The van der Waals surface area contributed by atoms with Crippen LogP contribution in [-0.4, -0.2) is 30.4 Å². The molecular weight excluding hydrogens is 471 g/mol. The van der Waals surface area contributed by atoms with Crippen LogP contribution in [0.4, 0.5) is 0 Å². The lowest BCUT2D eigenvalue weighted by Crippen LogP contribution is -2.45. The molecule has 0 aromatic heterocycles. The molecule has 0 spiro atoms. The summed E-state index contributed by atoms with van der Waals surface area (Å²) in [5, 5.41) is -1.30. The molecule has 0 saturated heterocycles. The number of carbonyl (C=O) groups is 1. The summed E-state index contributed by atoms with van der Waals surface area (Å²) in [5.74, 6) is -0.0767. The molecule has 2 aliphatic rings. The van der Waals surface area contributed by atoms with Crippen LogP contribution in [0, 0.1) is 11.8 Å². The normalized spacial score (nSPS) is 28.5. The van der Waals surface area contributed by atoms with Gasteiger partial charge in [0.1, 0.15) is 6.10 Å². The fourth-order valence-electron chi connectivity index (χ4n) is 6.18. The molecule has 0 heterocycles. The Kier molecular flexibility index (Phi) is 8.14. The standard InChI is InChI=1S/C30H41O5P/c1-6-33-36(32,34-7-2)30(21-26(30)23-14-10-8-11-15-23)28(31)35-27-20-22(3)18-19-25(27)29(4,5)24-16-12-9-13-17-24/h8-17,22,25-27H,6-7,18-21H2,1-5H3/t22-,25-,26+,27-,30+/m1/s1. The summed E-state index contributed by atoms with van der Waals surface area (Å²) in [6.45, 7) is 10.7. The molecule has 2 aromatic rings. The van der Waals surface area contributed by atoms with Crippen LogP contribution in [-0.2, 0) is 28.6 Å². The van der Waals surface area contributed by atoms with E-state index in [9.17, 15) is 9.36 Å². The Hall–Kier alpha value is -1.94. The van der Waals surface area contributed by atoms with E-state index < -0.39 is 18.7 Å². The van der Waals surface area contributed by atoms with E-state index in [2.05, 4.69) is 45.0 Å². The third-order valence-corrected chi connectivity index (χ3v) is 11.2. The van der Waals surface area contributed by atoms with Crippen LogP contribution in [0.25, 0.3) is 0 Å². The van der Waals surface area contributed by atoms with E-state index >= 15 is 0 Å². The van der Waals surface area contributed by atoms with Crippen LogP contribution < -0.4 is 0 Å². The molecule has 5 nitrogen and oxygen atoms in total. The molecular formula is C30H41O5P. The highest BCUT2D eigenvalue weighted by Crippen LogP contribution is 2.77. The Balaban J connectivity index is 1.67. The second kappa shape index (κ2) is 10.8. The number of hydrogen-bond acceptors (Lipinski definition) is 5. The van der Waals surface area contributed by atoms with Crippen molar-refractivity contribution in [2.75, 3.05) is 13.2 Å². The van der Waals surface area contributed by atoms with E-state index in [1.54, 1.807) is 13.8 Å². The molecule has 0 bridgehead atoms. The first-order valence-electron chi connectivity index (χ1n) is 13.4. The molecule has 0 unspecified atom stereocenters. The maximum absolute atomic E-state index is 14.2. The lowest BCUT2D eigenvalue weighted by atomic mass is 9.64. The first-order valence-corrected chi connectivity index (χ1v) is 14.9. The first-order chi connectivity index (χ1) is 17.2. The molecule has 0 amide bonds. The van der Waals surface area contributed by atoms with Crippen LogP contribution >= 0.6 is 7.60 Å². The smallest absolute Gasteiger partial charge is 0.348 e. The summed E-state index contributed by atoms with van der Waals surface area (Å²) in [6.07, 6.45) is 3.02. The lowest BCUT2D eigenvalue weighted by Gasteiger charge is -2.44. The number of rotatable bonds is 10. The molecule has 0 radical (unpaired) electrons.